The summed E-state index contributed by atoms with van der Waals surface area (Å²) in [5.41, 5.74) is 0.767. The predicted octanol–water partition coefficient (Wildman–Crippen LogP) is 9.22. The summed E-state index contributed by atoms with van der Waals surface area (Å²) >= 11 is 0. The van der Waals surface area contributed by atoms with Gasteiger partial charge in [-0.2, -0.15) is 0 Å². The second-order valence-electron chi connectivity index (χ2n) is 11.0. The van der Waals surface area contributed by atoms with Crippen LogP contribution >= 0.6 is 0 Å². The standard InChI is InChI=1S/C30H62N2/c1-7-12-17-22-29(23-18-13-8-2)30(24-19-14-9-3,25-20-15-10-4)32(26-21-16-11-5)28-27-31(29)6/h7-28H2,1-6H3. The molecule has 0 amide bonds. The molecular formula is C30H62N2. The average molecular weight is 451 g/mol. The molecule has 1 rings (SSSR count). The number of piperazine rings is 1. The molecule has 0 atom stereocenters. The summed E-state index contributed by atoms with van der Waals surface area (Å²) in [6.07, 6.45) is 26.5. The van der Waals surface area contributed by atoms with Gasteiger partial charge in [-0.3, -0.25) is 9.80 Å². The molecule has 0 aromatic heterocycles. The van der Waals surface area contributed by atoms with Crippen molar-refractivity contribution in [2.45, 2.75) is 168 Å². The fraction of sp³-hybridized carbons (Fsp3) is 1.00. The molecule has 1 aliphatic rings. The van der Waals surface area contributed by atoms with E-state index in [1.807, 2.05) is 0 Å². The fourth-order valence-corrected chi connectivity index (χ4v) is 6.78. The van der Waals surface area contributed by atoms with E-state index in [0.29, 0.717) is 11.1 Å². The van der Waals surface area contributed by atoms with E-state index in [4.69, 9.17) is 0 Å². The van der Waals surface area contributed by atoms with Crippen molar-refractivity contribution in [2.24, 2.45) is 0 Å². The minimum absolute atomic E-state index is 0.378. The van der Waals surface area contributed by atoms with Crippen LogP contribution in [0.5, 0.6) is 0 Å². The van der Waals surface area contributed by atoms with Crippen molar-refractivity contribution < 1.29 is 0 Å². The van der Waals surface area contributed by atoms with Gasteiger partial charge in [0.1, 0.15) is 0 Å². The van der Waals surface area contributed by atoms with Crippen molar-refractivity contribution in [3.63, 3.8) is 0 Å². The van der Waals surface area contributed by atoms with Crippen LogP contribution in [0.2, 0.25) is 0 Å². The molecule has 0 aliphatic carbocycles. The van der Waals surface area contributed by atoms with Crippen LogP contribution in [0.4, 0.5) is 0 Å². The highest BCUT2D eigenvalue weighted by atomic mass is 15.4. The van der Waals surface area contributed by atoms with Crippen LogP contribution < -0.4 is 0 Å². The van der Waals surface area contributed by atoms with Crippen molar-refractivity contribution in [1.29, 1.82) is 0 Å². The lowest BCUT2D eigenvalue weighted by Gasteiger charge is -2.65. The van der Waals surface area contributed by atoms with E-state index < -0.39 is 0 Å². The van der Waals surface area contributed by atoms with Crippen LogP contribution in [0.25, 0.3) is 0 Å². The highest BCUT2D eigenvalue weighted by Gasteiger charge is 2.56. The minimum atomic E-state index is 0.378. The van der Waals surface area contributed by atoms with Gasteiger partial charge in [0, 0.05) is 24.2 Å². The van der Waals surface area contributed by atoms with Crippen LogP contribution in [-0.2, 0) is 0 Å². The molecule has 0 aromatic rings. The number of likely N-dealkylation sites (N-methyl/N-ethyl adjacent to an activating group) is 1. The SMILES string of the molecule is CCCCCN1CCN(C)C(CCCCC)(CCCCC)C1(CCCCC)CCCCC. The Kier molecular flexibility index (Phi) is 16.3. The molecule has 2 nitrogen and oxygen atoms in total. The maximum atomic E-state index is 3.08. The molecule has 192 valence electrons. The minimum Gasteiger partial charge on any atom is -0.298 e. The Balaban J connectivity index is 3.42. The molecule has 1 heterocycles. The van der Waals surface area contributed by atoms with Gasteiger partial charge in [0.05, 0.1) is 0 Å². The van der Waals surface area contributed by atoms with Crippen molar-refractivity contribution in [3.05, 3.63) is 0 Å². The van der Waals surface area contributed by atoms with Gasteiger partial charge < -0.3 is 0 Å². The molecule has 1 aliphatic heterocycles. The third-order valence-electron chi connectivity index (χ3n) is 8.71. The highest BCUT2D eigenvalue weighted by molar-refractivity contribution is 5.14. The van der Waals surface area contributed by atoms with Crippen molar-refractivity contribution in [2.75, 3.05) is 26.7 Å². The molecule has 0 N–H and O–H groups in total. The molecule has 0 aromatic carbocycles. The maximum absolute atomic E-state index is 3.08. The molecule has 32 heavy (non-hydrogen) atoms. The average Bonchev–Trinajstić information content (AvgIpc) is 2.79. The normalized spacial score (nSPS) is 18.9. The summed E-state index contributed by atoms with van der Waals surface area (Å²) < 4.78 is 0. The zero-order valence-electron chi connectivity index (χ0n) is 23.5. The Morgan fingerprint density at radius 1 is 0.469 bits per heavy atom. The van der Waals surface area contributed by atoms with E-state index in [1.165, 1.54) is 142 Å². The summed E-state index contributed by atoms with van der Waals surface area (Å²) in [6, 6.07) is 0. The van der Waals surface area contributed by atoms with Crippen LogP contribution in [0, 0.1) is 0 Å². The Hall–Kier alpha value is -0.0800. The van der Waals surface area contributed by atoms with Gasteiger partial charge in [-0.15, -0.1) is 0 Å². The number of nitrogens with zero attached hydrogens (tertiary/aromatic N) is 2. The summed E-state index contributed by atoms with van der Waals surface area (Å²) in [5, 5.41) is 0. The van der Waals surface area contributed by atoms with Crippen LogP contribution in [0.15, 0.2) is 0 Å². The first-order valence-electron chi connectivity index (χ1n) is 15.0. The first-order chi connectivity index (χ1) is 15.6. The smallest absolute Gasteiger partial charge is 0.0393 e. The summed E-state index contributed by atoms with van der Waals surface area (Å²) in [5.74, 6) is 0. The van der Waals surface area contributed by atoms with Crippen molar-refractivity contribution >= 4 is 0 Å². The predicted molar refractivity (Wildman–Crippen MR) is 146 cm³/mol. The van der Waals surface area contributed by atoms with Gasteiger partial charge in [-0.05, 0) is 45.7 Å². The van der Waals surface area contributed by atoms with E-state index in [9.17, 15) is 0 Å². The molecular weight excluding hydrogens is 388 g/mol. The van der Waals surface area contributed by atoms with Gasteiger partial charge in [-0.25, -0.2) is 0 Å². The zero-order chi connectivity index (χ0) is 23.7. The van der Waals surface area contributed by atoms with Gasteiger partial charge in [0.2, 0.25) is 0 Å². The van der Waals surface area contributed by atoms with Gasteiger partial charge in [0.15, 0.2) is 0 Å². The lowest BCUT2D eigenvalue weighted by atomic mass is 9.62. The largest absolute Gasteiger partial charge is 0.298 e. The van der Waals surface area contributed by atoms with E-state index in [2.05, 4.69) is 51.5 Å². The fourth-order valence-electron chi connectivity index (χ4n) is 6.78. The Bertz CT molecular complexity index is 413. The molecule has 1 saturated heterocycles. The molecule has 2 heteroatoms. The number of hydrogen-bond donors (Lipinski definition) is 0. The third kappa shape index (κ3) is 8.30. The van der Waals surface area contributed by atoms with Crippen LogP contribution in [0.3, 0.4) is 0 Å². The lowest BCUT2D eigenvalue weighted by molar-refractivity contribution is -0.130. The van der Waals surface area contributed by atoms with Crippen molar-refractivity contribution in [3.8, 4) is 0 Å². The summed E-state index contributed by atoms with van der Waals surface area (Å²) in [4.78, 5) is 5.97. The highest BCUT2D eigenvalue weighted by Crippen LogP contribution is 2.50. The first-order valence-corrected chi connectivity index (χ1v) is 15.0. The number of rotatable bonds is 20. The lowest BCUT2D eigenvalue weighted by Crippen LogP contribution is -2.75. The second kappa shape index (κ2) is 17.4. The molecule has 0 unspecified atom stereocenters. The van der Waals surface area contributed by atoms with E-state index >= 15 is 0 Å². The molecule has 1 fully saturated rings. The summed E-state index contributed by atoms with van der Waals surface area (Å²) in [7, 11) is 2.51. The topological polar surface area (TPSA) is 6.48 Å². The van der Waals surface area contributed by atoms with Crippen LogP contribution in [0.1, 0.15) is 157 Å². The monoisotopic (exact) mass is 450 g/mol. The van der Waals surface area contributed by atoms with E-state index in [0.717, 1.165) is 0 Å². The Morgan fingerprint density at radius 2 is 0.844 bits per heavy atom. The van der Waals surface area contributed by atoms with E-state index in [1.54, 1.807) is 0 Å². The van der Waals surface area contributed by atoms with Gasteiger partial charge in [-0.1, -0.05) is 125 Å². The molecule has 0 saturated carbocycles. The van der Waals surface area contributed by atoms with Crippen molar-refractivity contribution in [1.82, 2.24) is 9.80 Å². The maximum Gasteiger partial charge on any atom is 0.0393 e. The molecule has 0 radical (unpaired) electrons. The quantitative estimate of drug-likeness (QED) is 0.170. The number of unbranched alkanes of at least 4 members (excludes halogenated alkanes) is 10. The second-order valence-corrected chi connectivity index (χ2v) is 11.0. The van der Waals surface area contributed by atoms with Gasteiger partial charge >= 0.3 is 0 Å². The Labute approximate surface area is 204 Å². The Morgan fingerprint density at radius 3 is 1.25 bits per heavy atom. The zero-order valence-corrected chi connectivity index (χ0v) is 23.5. The number of hydrogen-bond acceptors (Lipinski definition) is 2. The molecule has 0 bridgehead atoms. The summed E-state index contributed by atoms with van der Waals surface area (Å²) in [6.45, 7) is 15.8. The molecule has 0 spiro atoms. The van der Waals surface area contributed by atoms with Gasteiger partial charge in [0.25, 0.3) is 0 Å². The first kappa shape index (κ1) is 30.0. The third-order valence-corrected chi connectivity index (χ3v) is 8.71. The van der Waals surface area contributed by atoms with Crippen LogP contribution in [-0.4, -0.2) is 47.6 Å². The van der Waals surface area contributed by atoms with E-state index in [-0.39, 0.29) is 0 Å².